The zero-order valence-corrected chi connectivity index (χ0v) is 12.3. The van der Waals surface area contributed by atoms with Crippen molar-refractivity contribution in [1.29, 1.82) is 0 Å². The Morgan fingerprint density at radius 3 is 2.79 bits per heavy atom. The SMILES string of the molecule is C1CCC(SCc2noc(CCNC3CC3)n2)CC1. The second-order valence-electron chi connectivity index (χ2n) is 5.65. The molecule has 4 nitrogen and oxygen atoms in total. The lowest BCUT2D eigenvalue weighted by molar-refractivity contribution is 0.372. The molecule has 0 unspecified atom stereocenters. The van der Waals surface area contributed by atoms with Crippen LogP contribution in [0.2, 0.25) is 0 Å². The summed E-state index contributed by atoms with van der Waals surface area (Å²) in [6.07, 6.45) is 10.4. The van der Waals surface area contributed by atoms with Crippen LogP contribution in [0.15, 0.2) is 4.52 Å². The Bertz CT molecular complexity index is 386. The molecule has 0 aliphatic heterocycles. The van der Waals surface area contributed by atoms with Crippen LogP contribution in [-0.2, 0) is 12.2 Å². The van der Waals surface area contributed by atoms with Gasteiger partial charge in [-0.3, -0.25) is 0 Å². The largest absolute Gasteiger partial charge is 0.339 e. The van der Waals surface area contributed by atoms with Crippen molar-refractivity contribution in [2.75, 3.05) is 6.54 Å². The van der Waals surface area contributed by atoms with Gasteiger partial charge in [0, 0.05) is 24.3 Å². The summed E-state index contributed by atoms with van der Waals surface area (Å²) in [5.74, 6) is 2.56. The molecule has 19 heavy (non-hydrogen) atoms. The molecule has 3 rings (SSSR count). The molecule has 0 spiro atoms. The van der Waals surface area contributed by atoms with Crippen molar-refractivity contribution < 1.29 is 4.52 Å². The van der Waals surface area contributed by atoms with Gasteiger partial charge in [-0.1, -0.05) is 24.4 Å². The van der Waals surface area contributed by atoms with Crippen LogP contribution in [0.5, 0.6) is 0 Å². The Balaban J connectivity index is 1.36. The van der Waals surface area contributed by atoms with Gasteiger partial charge in [-0.05, 0) is 25.7 Å². The van der Waals surface area contributed by atoms with Gasteiger partial charge in [0.15, 0.2) is 5.82 Å². The third-order valence-corrected chi connectivity index (χ3v) is 5.23. The van der Waals surface area contributed by atoms with E-state index in [1.54, 1.807) is 0 Å². The fourth-order valence-corrected chi connectivity index (χ4v) is 3.71. The highest BCUT2D eigenvalue weighted by atomic mass is 32.2. The lowest BCUT2D eigenvalue weighted by Crippen LogP contribution is -2.19. The molecule has 106 valence electrons. The van der Waals surface area contributed by atoms with Gasteiger partial charge in [-0.15, -0.1) is 0 Å². The van der Waals surface area contributed by atoms with Crippen molar-refractivity contribution in [2.24, 2.45) is 0 Å². The summed E-state index contributed by atoms with van der Waals surface area (Å²) in [5, 5.41) is 8.36. The molecule has 0 aromatic carbocycles. The first-order valence-corrected chi connectivity index (χ1v) is 8.61. The summed E-state index contributed by atoms with van der Waals surface area (Å²) in [4.78, 5) is 4.47. The van der Waals surface area contributed by atoms with Gasteiger partial charge in [0.05, 0.1) is 5.75 Å². The molecule has 2 aliphatic carbocycles. The summed E-state index contributed by atoms with van der Waals surface area (Å²) in [6.45, 7) is 0.960. The van der Waals surface area contributed by atoms with E-state index in [9.17, 15) is 0 Å². The van der Waals surface area contributed by atoms with Crippen molar-refractivity contribution in [3.63, 3.8) is 0 Å². The number of aromatic nitrogens is 2. The minimum atomic E-state index is 0.754. The molecule has 1 heterocycles. The van der Waals surface area contributed by atoms with Crippen LogP contribution in [0, 0.1) is 0 Å². The maximum absolute atomic E-state index is 5.29. The lowest BCUT2D eigenvalue weighted by Gasteiger charge is -2.19. The van der Waals surface area contributed by atoms with Crippen LogP contribution in [0.1, 0.15) is 56.7 Å². The van der Waals surface area contributed by atoms with E-state index in [-0.39, 0.29) is 0 Å². The summed E-state index contributed by atoms with van der Waals surface area (Å²) >= 11 is 2.00. The van der Waals surface area contributed by atoms with Crippen molar-refractivity contribution in [2.45, 2.75) is 68.4 Å². The maximum atomic E-state index is 5.29. The van der Waals surface area contributed by atoms with Gasteiger partial charge in [-0.2, -0.15) is 16.7 Å². The van der Waals surface area contributed by atoms with Crippen LogP contribution < -0.4 is 5.32 Å². The lowest BCUT2D eigenvalue weighted by atomic mass is 10.0. The Labute approximate surface area is 119 Å². The predicted molar refractivity (Wildman–Crippen MR) is 77.2 cm³/mol. The van der Waals surface area contributed by atoms with Crippen LogP contribution in [-0.4, -0.2) is 28.0 Å². The molecule has 1 aromatic heterocycles. The van der Waals surface area contributed by atoms with E-state index in [0.717, 1.165) is 41.7 Å². The first-order chi connectivity index (χ1) is 9.40. The number of nitrogens with one attached hydrogen (secondary N) is 1. The second kappa shape index (κ2) is 6.75. The van der Waals surface area contributed by atoms with E-state index in [2.05, 4.69) is 15.5 Å². The molecule has 2 saturated carbocycles. The summed E-state index contributed by atoms with van der Waals surface area (Å²) in [7, 11) is 0. The molecule has 0 atom stereocenters. The van der Waals surface area contributed by atoms with Gasteiger partial charge in [0.2, 0.25) is 5.89 Å². The molecule has 1 N–H and O–H groups in total. The fraction of sp³-hybridized carbons (Fsp3) is 0.857. The highest BCUT2D eigenvalue weighted by Gasteiger charge is 2.20. The van der Waals surface area contributed by atoms with Crippen molar-refractivity contribution in [1.82, 2.24) is 15.5 Å². The molecular formula is C14H23N3OS. The molecule has 0 saturated heterocycles. The number of thioether (sulfide) groups is 1. The number of nitrogens with zero attached hydrogens (tertiary/aromatic N) is 2. The predicted octanol–water partition coefficient (Wildman–Crippen LogP) is 2.93. The normalized spacial score (nSPS) is 20.8. The van der Waals surface area contributed by atoms with E-state index in [4.69, 9.17) is 4.52 Å². The van der Waals surface area contributed by atoms with Gasteiger partial charge < -0.3 is 9.84 Å². The van der Waals surface area contributed by atoms with E-state index < -0.39 is 0 Å². The maximum Gasteiger partial charge on any atom is 0.227 e. The number of hydrogen-bond acceptors (Lipinski definition) is 5. The Hall–Kier alpha value is -0.550. The summed E-state index contributed by atoms with van der Waals surface area (Å²) in [5.41, 5.74) is 0. The van der Waals surface area contributed by atoms with Crippen LogP contribution in [0.25, 0.3) is 0 Å². The van der Waals surface area contributed by atoms with E-state index in [1.165, 1.54) is 44.9 Å². The molecule has 0 bridgehead atoms. The van der Waals surface area contributed by atoms with Gasteiger partial charge in [0.25, 0.3) is 0 Å². The van der Waals surface area contributed by atoms with Gasteiger partial charge >= 0.3 is 0 Å². The summed E-state index contributed by atoms with van der Waals surface area (Å²) < 4.78 is 5.29. The Kier molecular flexibility index (Phi) is 4.77. The standard InChI is InChI=1S/C14H23N3OS/c1-2-4-12(5-3-1)19-10-13-16-14(18-17-13)8-9-15-11-6-7-11/h11-12,15H,1-10H2. The third-order valence-electron chi connectivity index (χ3n) is 3.86. The zero-order chi connectivity index (χ0) is 12.9. The van der Waals surface area contributed by atoms with Crippen molar-refractivity contribution >= 4 is 11.8 Å². The highest BCUT2D eigenvalue weighted by molar-refractivity contribution is 7.99. The van der Waals surface area contributed by atoms with Gasteiger partial charge in [-0.25, -0.2) is 0 Å². The fourth-order valence-electron chi connectivity index (χ4n) is 2.55. The van der Waals surface area contributed by atoms with E-state index >= 15 is 0 Å². The second-order valence-corrected chi connectivity index (χ2v) is 6.94. The molecule has 2 fully saturated rings. The molecule has 2 aliphatic rings. The summed E-state index contributed by atoms with van der Waals surface area (Å²) in [6, 6.07) is 0.754. The van der Waals surface area contributed by atoms with Gasteiger partial charge in [0.1, 0.15) is 0 Å². The topological polar surface area (TPSA) is 51.0 Å². The minimum Gasteiger partial charge on any atom is -0.339 e. The molecule has 1 aromatic rings. The van der Waals surface area contributed by atoms with Crippen LogP contribution >= 0.6 is 11.8 Å². The third kappa shape index (κ3) is 4.49. The molecule has 5 heteroatoms. The van der Waals surface area contributed by atoms with E-state index in [1.807, 2.05) is 11.8 Å². The first kappa shape index (κ1) is 13.4. The van der Waals surface area contributed by atoms with Crippen LogP contribution in [0.4, 0.5) is 0 Å². The van der Waals surface area contributed by atoms with E-state index in [0.29, 0.717) is 0 Å². The molecule has 0 amide bonds. The number of rotatable bonds is 7. The first-order valence-electron chi connectivity index (χ1n) is 7.56. The quantitative estimate of drug-likeness (QED) is 0.833. The van der Waals surface area contributed by atoms with Crippen molar-refractivity contribution in [3.8, 4) is 0 Å². The van der Waals surface area contributed by atoms with Crippen LogP contribution in [0.3, 0.4) is 0 Å². The Morgan fingerprint density at radius 2 is 2.00 bits per heavy atom. The van der Waals surface area contributed by atoms with Crippen molar-refractivity contribution in [3.05, 3.63) is 11.7 Å². The molecular weight excluding hydrogens is 258 g/mol. The average molecular weight is 281 g/mol. The highest BCUT2D eigenvalue weighted by Crippen LogP contribution is 2.29. The number of hydrogen-bond donors (Lipinski definition) is 1. The Morgan fingerprint density at radius 1 is 1.16 bits per heavy atom. The average Bonchev–Trinajstić information content (AvgIpc) is 3.16. The smallest absolute Gasteiger partial charge is 0.227 e. The minimum absolute atomic E-state index is 0.754. The zero-order valence-electron chi connectivity index (χ0n) is 11.4. The monoisotopic (exact) mass is 281 g/mol. The molecule has 0 radical (unpaired) electrons.